The fraction of sp³-hybridized carbons (Fsp3) is 0.125. The summed E-state index contributed by atoms with van der Waals surface area (Å²) in [4.78, 5) is 24.2. The van der Waals surface area contributed by atoms with Crippen molar-refractivity contribution in [3.63, 3.8) is 0 Å². The van der Waals surface area contributed by atoms with Crippen molar-refractivity contribution >= 4 is 40.1 Å². The molecule has 0 radical (unpaired) electrons. The van der Waals surface area contributed by atoms with Gasteiger partial charge in [-0.1, -0.05) is 72.8 Å². The lowest BCUT2D eigenvalue weighted by Gasteiger charge is -2.08. The Balaban J connectivity index is 1.47. The Bertz CT molecular complexity index is 1050. The van der Waals surface area contributed by atoms with Crippen LogP contribution in [0.15, 0.2) is 84.0 Å². The van der Waals surface area contributed by atoms with Gasteiger partial charge in [-0.25, -0.2) is 5.43 Å². The average Bonchev–Trinajstić information content (AvgIpc) is 2.76. The molecule has 0 fully saturated rings. The van der Waals surface area contributed by atoms with E-state index < -0.39 is 0 Å². The van der Waals surface area contributed by atoms with E-state index in [4.69, 9.17) is 0 Å². The average molecular weight is 385 g/mol. The third-order valence-corrected chi connectivity index (χ3v) is 4.32. The van der Waals surface area contributed by atoms with Crippen molar-refractivity contribution in [2.75, 3.05) is 5.32 Å². The fourth-order valence-corrected chi connectivity index (χ4v) is 2.80. The molecule has 2 amide bonds. The summed E-state index contributed by atoms with van der Waals surface area (Å²) < 4.78 is 0. The Morgan fingerprint density at radius 3 is 2.38 bits per heavy atom. The summed E-state index contributed by atoms with van der Waals surface area (Å²) in [5.41, 5.74) is 4.95. The molecule has 146 valence electrons. The van der Waals surface area contributed by atoms with Crippen LogP contribution >= 0.6 is 0 Å². The highest BCUT2D eigenvalue weighted by atomic mass is 16.2. The predicted octanol–water partition coefficient (Wildman–Crippen LogP) is 4.76. The first-order chi connectivity index (χ1) is 14.1. The van der Waals surface area contributed by atoms with Crippen molar-refractivity contribution in [2.45, 2.75) is 19.8 Å². The number of rotatable bonds is 7. The van der Waals surface area contributed by atoms with E-state index >= 15 is 0 Å². The topological polar surface area (TPSA) is 70.6 Å². The van der Waals surface area contributed by atoms with Crippen LogP contribution in [0.5, 0.6) is 0 Å². The van der Waals surface area contributed by atoms with Gasteiger partial charge in [-0.3, -0.25) is 9.59 Å². The Hall–Kier alpha value is -3.73. The lowest BCUT2D eigenvalue weighted by Crippen LogP contribution is -2.21. The Morgan fingerprint density at radius 2 is 1.55 bits per heavy atom. The molecule has 0 saturated heterocycles. The molecule has 0 unspecified atom stereocenters. The monoisotopic (exact) mass is 385 g/mol. The van der Waals surface area contributed by atoms with Crippen LogP contribution in [0.2, 0.25) is 0 Å². The van der Waals surface area contributed by atoms with Crippen LogP contribution in [0.25, 0.3) is 16.8 Å². The third-order valence-electron chi connectivity index (χ3n) is 4.32. The summed E-state index contributed by atoms with van der Waals surface area (Å²) in [7, 11) is 0. The van der Waals surface area contributed by atoms with E-state index in [2.05, 4.69) is 15.8 Å². The number of nitrogens with zero attached hydrogens (tertiary/aromatic N) is 1. The van der Waals surface area contributed by atoms with Crippen LogP contribution in [-0.4, -0.2) is 17.5 Å². The summed E-state index contributed by atoms with van der Waals surface area (Å²) in [6.45, 7) is 1.80. The second kappa shape index (κ2) is 9.99. The smallest absolute Gasteiger partial charge is 0.240 e. The fourth-order valence-electron chi connectivity index (χ4n) is 2.80. The molecule has 29 heavy (non-hydrogen) atoms. The van der Waals surface area contributed by atoms with E-state index in [1.165, 1.54) is 0 Å². The third kappa shape index (κ3) is 6.14. The lowest BCUT2D eigenvalue weighted by molar-refractivity contribution is -0.124. The number of hydrogen-bond acceptors (Lipinski definition) is 3. The highest BCUT2D eigenvalue weighted by Gasteiger charge is 2.08. The summed E-state index contributed by atoms with van der Waals surface area (Å²) in [5.74, 6) is -0.508. The molecule has 0 aliphatic heterocycles. The van der Waals surface area contributed by atoms with Crippen LogP contribution in [0.4, 0.5) is 5.69 Å². The van der Waals surface area contributed by atoms with Gasteiger partial charge in [0.2, 0.25) is 11.8 Å². The molecule has 0 aromatic heterocycles. The van der Waals surface area contributed by atoms with Gasteiger partial charge in [0.1, 0.15) is 0 Å². The molecule has 3 aromatic rings. The Morgan fingerprint density at radius 1 is 0.862 bits per heavy atom. The van der Waals surface area contributed by atoms with Gasteiger partial charge in [0.25, 0.3) is 0 Å². The molecule has 3 rings (SSSR count). The minimum absolute atomic E-state index is 0.0653. The molecule has 2 N–H and O–H groups in total. The summed E-state index contributed by atoms with van der Waals surface area (Å²) in [5, 5.41) is 8.94. The molecule has 0 heterocycles. The first-order valence-corrected chi connectivity index (χ1v) is 9.46. The normalized spacial score (nSPS) is 11.6. The van der Waals surface area contributed by atoms with Crippen molar-refractivity contribution in [3.05, 3.63) is 84.4 Å². The van der Waals surface area contributed by atoms with Crippen molar-refractivity contribution in [3.8, 4) is 0 Å². The van der Waals surface area contributed by atoms with Crippen molar-refractivity contribution < 1.29 is 9.59 Å². The van der Waals surface area contributed by atoms with Crippen LogP contribution < -0.4 is 10.7 Å². The van der Waals surface area contributed by atoms with Gasteiger partial charge in [-0.05, 0) is 30.0 Å². The highest BCUT2D eigenvalue weighted by molar-refractivity contribution is 6.03. The molecule has 0 bridgehead atoms. The summed E-state index contributed by atoms with van der Waals surface area (Å²) >= 11 is 0. The Kier molecular flexibility index (Phi) is 6.90. The van der Waals surface area contributed by atoms with Crippen LogP contribution in [0.1, 0.15) is 25.3 Å². The number of anilines is 1. The SMILES string of the molecule is CC(C=Cc1ccccc1)=NNC(=O)CCC(=O)Nc1cccc2ccccc12. The maximum atomic E-state index is 12.2. The number of amides is 2. The number of benzene rings is 3. The quantitative estimate of drug-likeness (QED) is 0.454. The molecule has 5 nitrogen and oxygen atoms in total. The van der Waals surface area contributed by atoms with E-state index in [-0.39, 0.29) is 24.7 Å². The summed E-state index contributed by atoms with van der Waals surface area (Å²) in [6, 6.07) is 23.4. The first kappa shape index (κ1) is 20.0. The molecule has 0 saturated carbocycles. The van der Waals surface area contributed by atoms with Gasteiger partial charge in [0, 0.05) is 23.9 Å². The van der Waals surface area contributed by atoms with Crippen molar-refractivity contribution in [1.29, 1.82) is 0 Å². The number of fused-ring (bicyclic) bond motifs is 1. The van der Waals surface area contributed by atoms with Gasteiger partial charge in [-0.15, -0.1) is 0 Å². The maximum absolute atomic E-state index is 12.2. The standard InChI is InChI=1S/C24H23N3O2/c1-18(14-15-19-8-3-2-4-9-19)26-27-24(29)17-16-23(28)25-22-13-7-11-20-10-5-6-12-21(20)22/h2-15H,16-17H2,1H3,(H,25,28)(H,27,29). The van der Waals surface area contributed by atoms with E-state index in [1.807, 2.05) is 84.9 Å². The van der Waals surface area contributed by atoms with E-state index in [9.17, 15) is 9.59 Å². The maximum Gasteiger partial charge on any atom is 0.240 e. The second-order valence-electron chi connectivity index (χ2n) is 6.61. The van der Waals surface area contributed by atoms with E-state index in [0.29, 0.717) is 5.71 Å². The van der Waals surface area contributed by atoms with Crippen LogP contribution in [0, 0.1) is 0 Å². The zero-order valence-corrected chi connectivity index (χ0v) is 16.3. The first-order valence-electron chi connectivity index (χ1n) is 9.46. The van der Waals surface area contributed by atoms with Gasteiger partial charge in [0.15, 0.2) is 0 Å². The number of hydrogen-bond donors (Lipinski definition) is 2. The van der Waals surface area contributed by atoms with Gasteiger partial charge < -0.3 is 5.32 Å². The molecule has 5 heteroatoms. The Labute approximate surface area is 170 Å². The van der Waals surface area contributed by atoms with Crippen molar-refractivity contribution in [2.24, 2.45) is 5.10 Å². The van der Waals surface area contributed by atoms with Crippen LogP contribution in [0.3, 0.4) is 0 Å². The second-order valence-corrected chi connectivity index (χ2v) is 6.61. The van der Waals surface area contributed by atoms with Gasteiger partial charge >= 0.3 is 0 Å². The van der Waals surface area contributed by atoms with Crippen LogP contribution in [-0.2, 0) is 9.59 Å². The molecular weight excluding hydrogens is 362 g/mol. The van der Waals surface area contributed by atoms with E-state index in [1.54, 1.807) is 6.92 Å². The van der Waals surface area contributed by atoms with E-state index in [0.717, 1.165) is 22.0 Å². The number of hydrazone groups is 1. The lowest BCUT2D eigenvalue weighted by atomic mass is 10.1. The predicted molar refractivity (Wildman–Crippen MR) is 119 cm³/mol. The largest absolute Gasteiger partial charge is 0.326 e. The number of carbonyl (C=O) groups is 2. The zero-order valence-electron chi connectivity index (χ0n) is 16.3. The molecular formula is C24H23N3O2. The van der Waals surface area contributed by atoms with Crippen molar-refractivity contribution in [1.82, 2.24) is 5.43 Å². The molecule has 0 aliphatic rings. The number of carbonyl (C=O) groups excluding carboxylic acids is 2. The minimum atomic E-state index is -0.300. The molecule has 0 atom stereocenters. The van der Waals surface area contributed by atoms with Gasteiger partial charge in [-0.2, -0.15) is 5.10 Å². The molecule has 3 aromatic carbocycles. The molecule has 0 spiro atoms. The number of nitrogens with one attached hydrogen (secondary N) is 2. The minimum Gasteiger partial charge on any atom is -0.326 e. The zero-order chi connectivity index (χ0) is 20.5. The highest BCUT2D eigenvalue weighted by Crippen LogP contribution is 2.23. The molecule has 0 aliphatic carbocycles. The van der Waals surface area contributed by atoms with Gasteiger partial charge in [0.05, 0.1) is 5.71 Å². The summed E-state index contributed by atoms with van der Waals surface area (Å²) in [6.07, 6.45) is 3.89. The number of allylic oxidation sites excluding steroid dienone is 1.